The first kappa shape index (κ1) is 16.8. The fourth-order valence-corrected chi connectivity index (χ4v) is 4.54. The first-order chi connectivity index (χ1) is 11.2. The van der Waals surface area contributed by atoms with Gasteiger partial charge in [0.25, 0.3) is 0 Å². The van der Waals surface area contributed by atoms with E-state index in [1.54, 1.807) is 0 Å². The second kappa shape index (κ2) is 8.18. The molecule has 1 aromatic rings. The van der Waals surface area contributed by atoms with Crippen molar-refractivity contribution in [3.8, 4) is 0 Å². The maximum absolute atomic E-state index is 12.2. The van der Waals surface area contributed by atoms with Crippen molar-refractivity contribution in [2.45, 2.75) is 81.3 Å². The Morgan fingerprint density at radius 2 is 1.74 bits per heavy atom. The summed E-state index contributed by atoms with van der Waals surface area (Å²) in [6.07, 6.45) is 12.4. The molecule has 1 aromatic heterocycles. The third-order valence-corrected chi connectivity index (χ3v) is 6.16. The van der Waals surface area contributed by atoms with Crippen molar-refractivity contribution < 1.29 is 4.79 Å². The van der Waals surface area contributed by atoms with Crippen LogP contribution in [0.5, 0.6) is 0 Å². The van der Waals surface area contributed by atoms with Crippen molar-refractivity contribution in [3.63, 3.8) is 0 Å². The second-order valence-corrected chi connectivity index (χ2v) is 7.87. The van der Waals surface area contributed by atoms with Crippen LogP contribution in [-0.2, 0) is 11.8 Å². The zero-order valence-electron chi connectivity index (χ0n) is 14.1. The summed E-state index contributed by atoms with van der Waals surface area (Å²) in [5.74, 6) is 2.22. The van der Waals surface area contributed by atoms with Gasteiger partial charge in [-0.15, -0.1) is 10.2 Å². The van der Waals surface area contributed by atoms with E-state index in [-0.39, 0.29) is 5.91 Å². The van der Waals surface area contributed by atoms with Crippen LogP contribution in [0.25, 0.3) is 0 Å². The minimum atomic E-state index is 0.132. The standard InChI is InChI=1S/C17H28N4OS/c1-21-16(13-8-6-7-9-13)19-20-17(21)23-12-15(22)18-14-10-4-2-3-5-11-14/h13-14H,2-12H2,1H3,(H,18,22). The molecule has 23 heavy (non-hydrogen) atoms. The molecule has 0 unspecified atom stereocenters. The monoisotopic (exact) mass is 336 g/mol. The van der Waals surface area contributed by atoms with E-state index < -0.39 is 0 Å². The van der Waals surface area contributed by atoms with Crippen molar-refractivity contribution in [3.05, 3.63) is 5.82 Å². The van der Waals surface area contributed by atoms with Crippen molar-refractivity contribution in [1.29, 1.82) is 0 Å². The Morgan fingerprint density at radius 3 is 2.43 bits per heavy atom. The highest BCUT2D eigenvalue weighted by Gasteiger charge is 2.23. The van der Waals surface area contributed by atoms with Crippen molar-refractivity contribution in [1.82, 2.24) is 20.1 Å². The van der Waals surface area contributed by atoms with Gasteiger partial charge in [0.1, 0.15) is 5.82 Å². The SMILES string of the molecule is Cn1c(SCC(=O)NC2CCCCCC2)nnc1C1CCCC1. The Morgan fingerprint density at radius 1 is 1.09 bits per heavy atom. The van der Waals surface area contributed by atoms with Crippen LogP contribution in [-0.4, -0.2) is 32.5 Å². The van der Waals surface area contributed by atoms with Crippen LogP contribution in [0.3, 0.4) is 0 Å². The smallest absolute Gasteiger partial charge is 0.230 e. The molecule has 2 aliphatic carbocycles. The summed E-state index contributed by atoms with van der Waals surface area (Å²) >= 11 is 1.51. The minimum absolute atomic E-state index is 0.132. The fraction of sp³-hybridized carbons (Fsp3) is 0.824. The van der Waals surface area contributed by atoms with Gasteiger partial charge in [0.15, 0.2) is 5.16 Å². The van der Waals surface area contributed by atoms with E-state index in [0.717, 1.165) is 23.8 Å². The fourth-order valence-electron chi connectivity index (χ4n) is 3.81. The van der Waals surface area contributed by atoms with Gasteiger partial charge < -0.3 is 9.88 Å². The van der Waals surface area contributed by atoms with Crippen LogP contribution in [0.2, 0.25) is 0 Å². The molecule has 0 aliphatic heterocycles. The quantitative estimate of drug-likeness (QED) is 0.661. The molecule has 3 rings (SSSR count). The number of rotatable bonds is 5. The lowest BCUT2D eigenvalue weighted by Gasteiger charge is -2.15. The third kappa shape index (κ3) is 4.49. The third-order valence-electron chi connectivity index (χ3n) is 5.14. The summed E-state index contributed by atoms with van der Waals surface area (Å²) in [6.45, 7) is 0. The number of aromatic nitrogens is 3. The van der Waals surface area contributed by atoms with E-state index in [4.69, 9.17) is 0 Å². The molecule has 6 heteroatoms. The number of thioether (sulfide) groups is 1. The predicted octanol–water partition coefficient (Wildman–Crippen LogP) is 3.40. The van der Waals surface area contributed by atoms with Gasteiger partial charge in [-0.1, -0.05) is 50.3 Å². The van der Waals surface area contributed by atoms with Crippen LogP contribution in [0.15, 0.2) is 5.16 Å². The van der Waals surface area contributed by atoms with Gasteiger partial charge in [0.2, 0.25) is 5.91 Å². The van der Waals surface area contributed by atoms with E-state index in [1.165, 1.54) is 63.1 Å². The van der Waals surface area contributed by atoms with Gasteiger partial charge in [-0.2, -0.15) is 0 Å². The van der Waals surface area contributed by atoms with Gasteiger partial charge in [-0.3, -0.25) is 4.79 Å². The number of carbonyl (C=O) groups excluding carboxylic acids is 1. The molecule has 0 radical (unpaired) electrons. The normalized spacial score (nSPS) is 20.6. The highest BCUT2D eigenvalue weighted by atomic mass is 32.2. The van der Waals surface area contributed by atoms with Gasteiger partial charge in [0, 0.05) is 19.0 Å². The summed E-state index contributed by atoms with van der Waals surface area (Å²) in [6, 6.07) is 0.374. The number of nitrogens with zero attached hydrogens (tertiary/aromatic N) is 3. The zero-order valence-corrected chi connectivity index (χ0v) is 14.9. The van der Waals surface area contributed by atoms with Crippen molar-refractivity contribution in [2.75, 3.05) is 5.75 Å². The van der Waals surface area contributed by atoms with Gasteiger partial charge in [-0.25, -0.2) is 0 Å². The summed E-state index contributed by atoms with van der Waals surface area (Å²) in [7, 11) is 2.03. The second-order valence-electron chi connectivity index (χ2n) is 6.93. The molecule has 1 N–H and O–H groups in total. The molecule has 5 nitrogen and oxygen atoms in total. The van der Waals surface area contributed by atoms with Gasteiger partial charge >= 0.3 is 0 Å². The number of nitrogens with one attached hydrogen (secondary N) is 1. The lowest BCUT2D eigenvalue weighted by Crippen LogP contribution is -2.35. The minimum Gasteiger partial charge on any atom is -0.353 e. The number of hydrogen-bond donors (Lipinski definition) is 1. The summed E-state index contributed by atoms with van der Waals surface area (Å²) < 4.78 is 2.08. The van der Waals surface area contributed by atoms with Gasteiger partial charge in [0.05, 0.1) is 5.75 Å². The summed E-state index contributed by atoms with van der Waals surface area (Å²) in [5, 5.41) is 12.7. The predicted molar refractivity (Wildman–Crippen MR) is 92.6 cm³/mol. The van der Waals surface area contributed by atoms with Crippen LogP contribution in [0, 0.1) is 0 Å². The van der Waals surface area contributed by atoms with Crippen LogP contribution in [0.4, 0.5) is 0 Å². The lowest BCUT2D eigenvalue weighted by molar-refractivity contribution is -0.119. The van der Waals surface area contributed by atoms with Crippen molar-refractivity contribution in [2.24, 2.45) is 7.05 Å². The van der Waals surface area contributed by atoms with E-state index in [9.17, 15) is 4.79 Å². The largest absolute Gasteiger partial charge is 0.353 e. The number of hydrogen-bond acceptors (Lipinski definition) is 4. The maximum atomic E-state index is 12.2. The molecular formula is C17H28N4OS. The molecular weight excluding hydrogens is 308 g/mol. The van der Waals surface area contributed by atoms with E-state index in [1.807, 2.05) is 7.05 Å². The lowest BCUT2D eigenvalue weighted by atomic mass is 10.1. The van der Waals surface area contributed by atoms with Crippen molar-refractivity contribution >= 4 is 17.7 Å². The zero-order chi connectivity index (χ0) is 16.1. The summed E-state index contributed by atoms with van der Waals surface area (Å²) in [4.78, 5) is 12.2. The first-order valence-corrected chi connectivity index (χ1v) is 10.0. The topological polar surface area (TPSA) is 59.8 Å². The number of amides is 1. The molecule has 2 aliphatic rings. The molecule has 128 valence electrons. The Bertz CT molecular complexity index is 517. The van der Waals surface area contributed by atoms with E-state index in [2.05, 4.69) is 20.1 Å². The Labute approximate surface area is 143 Å². The van der Waals surface area contributed by atoms with Crippen LogP contribution < -0.4 is 5.32 Å². The molecule has 0 aromatic carbocycles. The van der Waals surface area contributed by atoms with Crippen LogP contribution >= 0.6 is 11.8 Å². The van der Waals surface area contributed by atoms with Gasteiger partial charge in [-0.05, 0) is 25.7 Å². The molecule has 0 atom stereocenters. The Hall–Kier alpha value is -1.04. The average molecular weight is 337 g/mol. The Kier molecular flexibility index (Phi) is 5.97. The molecule has 2 saturated carbocycles. The highest BCUT2D eigenvalue weighted by molar-refractivity contribution is 7.99. The molecule has 0 saturated heterocycles. The maximum Gasteiger partial charge on any atom is 0.230 e. The molecule has 2 fully saturated rings. The number of carbonyl (C=O) groups is 1. The molecule has 1 amide bonds. The first-order valence-electron chi connectivity index (χ1n) is 9.05. The van der Waals surface area contributed by atoms with E-state index in [0.29, 0.717) is 17.7 Å². The highest BCUT2D eigenvalue weighted by Crippen LogP contribution is 2.33. The Balaban J connectivity index is 1.48. The summed E-state index contributed by atoms with van der Waals surface area (Å²) in [5.41, 5.74) is 0. The van der Waals surface area contributed by atoms with Crippen LogP contribution in [0.1, 0.15) is 76.0 Å². The molecule has 0 spiro atoms. The molecule has 1 heterocycles. The van der Waals surface area contributed by atoms with E-state index >= 15 is 0 Å². The average Bonchev–Trinajstić information content (AvgIpc) is 3.11. The molecule has 0 bridgehead atoms.